The van der Waals surface area contributed by atoms with Gasteiger partial charge in [-0.05, 0) is 96.8 Å². The molecule has 0 spiro atoms. The normalized spacial score (nSPS) is 11.9. The number of methoxy groups -OCH3 is 2. The standard InChI is InChI=1S/C39H43F6N3O6.Na/c1-23(2)54-32-11-10-26(37(3,4)5)17-31(32)30-18-34(52-7)33(51-6)15-25(30)22-48(36-46-19-29(20-47-36)53-12-8-9-35(49)50)21-24-13-27(38(40,41)42)16-28(14-24)39(43,44)45;/h10-11,13-20,23H,8-9,12,21-22H2,1-7H3,(H,49,50);/q;+1/p-1. The molecule has 0 fully saturated rings. The van der Waals surface area contributed by atoms with Gasteiger partial charge in [-0.15, -0.1) is 0 Å². The zero-order valence-electron chi connectivity index (χ0n) is 31.9. The number of ether oxygens (including phenoxy) is 4. The van der Waals surface area contributed by atoms with Gasteiger partial charge in [0.1, 0.15) is 5.75 Å². The molecule has 9 nitrogen and oxygen atoms in total. The fraction of sp³-hybridized carbons (Fsp3) is 0.410. The van der Waals surface area contributed by atoms with Crippen molar-refractivity contribution in [2.75, 3.05) is 25.7 Å². The van der Waals surface area contributed by atoms with E-state index in [-0.39, 0.29) is 90.4 Å². The van der Waals surface area contributed by atoms with Crippen LogP contribution in [0.5, 0.6) is 23.0 Å². The number of hydrogen-bond acceptors (Lipinski definition) is 9. The Labute approximate surface area is 338 Å². The number of carbonyl (C=O) groups excluding carboxylic acids is 1. The molecule has 0 bridgehead atoms. The molecule has 292 valence electrons. The largest absolute Gasteiger partial charge is 1.00 e. The molecule has 1 aromatic heterocycles. The summed E-state index contributed by atoms with van der Waals surface area (Å²) in [6, 6.07) is 10.6. The Balaban J connectivity index is 0.00000812. The predicted octanol–water partition coefficient (Wildman–Crippen LogP) is 5.40. The molecule has 0 saturated heterocycles. The molecule has 55 heavy (non-hydrogen) atoms. The number of halogens is 6. The van der Waals surface area contributed by atoms with E-state index in [0.29, 0.717) is 46.1 Å². The third kappa shape index (κ3) is 12.4. The minimum Gasteiger partial charge on any atom is -0.550 e. The van der Waals surface area contributed by atoms with Gasteiger partial charge in [0.25, 0.3) is 0 Å². The molecule has 3 aromatic carbocycles. The van der Waals surface area contributed by atoms with Crippen LogP contribution in [-0.2, 0) is 35.7 Å². The van der Waals surface area contributed by atoms with Crippen molar-refractivity contribution in [3.63, 3.8) is 0 Å². The van der Waals surface area contributed by atoms with Gasteiger partial charge in [0.15, 0.2) is 17.2 Å². The SMILES string of the molecule is COc1cc(CN(Cc2cc(C(F)(F)F)cc(C(F)(F)F)c2)c2ncc(OCCCC(=O)[O-])cn2)c(-c2cc(C(C)(C)C)ccc2OC(C)C)cc1OC.[Na+]. The molecule has 0 aliphatic carbocycles. The number of carboxylic acids is 1. The van der Waals surface area contributed by atoms with Crippen LogP contribution in [0.4, 0.5) is 32.3 Å². The number of aliphatic carboxylic acids is 1. The molecule has 0 N–H and O–H groups in total. The van der Waals surface area contributed by atoms with Gasteiger partial charge in [0.05, 0.1) is 50.5 Å². The second kappa shape index (κ2) is 18.6. The number of carbonyl (C=O) groups is 1. The van der Waals surface area contributed by atoms with Crippen LogP contribution in [-0.4, -0.2) is 42.9 Å². The number of anilines is 1. The number of rotatable bonds is 15. The first-order chi connectivity index (χ1) is 25.2. The zero-order valence-corrected chi connectivity index (χ0v) is 33.9. The molecule has 0 radical (unpaired) electrons. The smallest absolute Gasteiger partial charge is 0.550 e. The van der Waals surface area contributed by atoms with Crippen molar-refractivity contribution >= 4 is 11.9 Å². The number of nitrogens with zero attached hydrogens (tertiary/aromatic N) is 3. The summed E-state index contributed by atoms with van der Waals surface area (Å²) in [5.41, 5.74) is -0.766. The van der Waals surface area contributed by atoms with Crippen LogP contribution in [0.1, 0.15) is 75.3 Å². The number of benzene rings is 3. The molecule has 0 saturated carbocycles. The average Bonchev–Trinajstić information content (AvgIpc) is 3.08. The number of aromatic nitrogens is 2. The van der Waals surface area contributed by atoms with E-state index in [0.717, 1.165) is 5.56 Å². The minimum atomic E-state index is -5.06. The maximum Gasteiger partial charge on any atom is 1.00 e. The van der Waals surface area contributed by atoms with Gasteiger partial charge >= 0.3 is 41.9 Å². The second-order valence-corrected chi connectivity index (χ2v) is 13.8. The first-order valence-electron chi connectivity index (χ1n) is 16.9. The van der Waals surface area contributed by atoms with E-state index < -0.39 is 36.0 Å². The van der Waals surface area contributed by atoms with Crippen LogP contribution in [0.2, 0.25) is 0 Å². The van der Waals surface area contributed by atoms with Gasteiger partial charge in [0.2, 0.25) is 5.95 Å². The zero-order chi connectivity index (χ0) is 40.0. The number of hydrogen-bond donors (Lipinski definition) is 0. The summed E-state index contributed by atoms with van der Waals surface area (Å²) in [7, 11) is 2.90. The van der Waals surface area contributed by atoms with Crippen LogP contribution >= 0.6 is 0 Å². The molecule has 0 aliphatic heterocycles. The van der Waals surface area contributed by atoms with E-state index in [1.165, 1.54) is 31.5 Å². The fourth-order valence-electron chi connectivity index (χ4n) is 5.55. The van der Waals surface area contributed by atoms with Crippen LogP contribution in [0, 0.1) is 0 Å². The quantitative estimate of drug-likeness (QED) is 0.0891. The Morgan fingerprint density at radius 1 is 0.782 bits per heavy atom. The van der Waals surface area contributed by atoms with Gasteiger partial charge in [-0.25, -0.2) is 9.97 Å². The Morgan fingerprint density at radius 3 is 1.87 bits per heavy atom. The first-order valence-corrected chi connectivity index (χ1v) is 16.9. The van der Waals surface area contributed by atoms with Crippen LogP contribution in [0.3, 0.4) is 0 Å². The van der Waals surface area contributed by atoms with Crippen LogP contribution in [0.25, 0.3) is 11.1 Å². The van der Waals surface area contributed by atoms with Crippen molar-refractivity contribution in [1.29, 1.82) is 0 Å². The van der Waals surface area contributed by atoms with Crippen LogP contribution < -0.4 is 58.5 Å². The monoisotopic (exact) mass is 785 g/mol. The maximum absolute atomic E-state index is 13.9. The molecule has 0 unspecified atom stereocenters. The third-order valence-corrected chi connectivity index (χ3v) is 8.18. The third-order valence-electron chi connectivity index (χ3n) is 8.18. The van der Waals surface area contributed by atoms with Crippen molar-refractivity contribution in [3.8, 4) is 34.1 Å². The summed E-state index contributed by atoms with van der Waals surface area (Å²) in [6.45, 7) is 9.27. The minimum absolute atomic E-state index is 0. The van der Waals surface area contributed by atoms with E-state index in [1.54, 1.807) is 12.1 Å². The predicted molar refractivity (Wildman–Crippen MR) is 188 cm³/mol. The Bertz CT molecular complexity index is 1880. The van der Waals surface area contributed by atoms with E-state index in [1.807, 2.05) is 52.8 Å². The summed E-state index contributed by atoms with van der Waals surface area (Å²) < 4.78 is 106. The summed E-state index contributed by atoms with van der Waals surface area (Å²) in [5, 5.41) is 10.8. The van der Waals surface area contributed by atoms with E-state index >= 15 is 0 Å². The molecule has 1 heterocycles. The molecule has 0 aliphatic rings. The van der Waals surface area contributed by atoms with Crippen molar-refractivity contribution in [1.82, 2.24) is 9.97 Å². The Morgan fingerprint density at radius 2 is 1.36 bits per heavy atom. The Kier molecular flexibility index (Phi) is 15.3. The topological polar surface area (TPSA) is 106 Å². The number of alkyl halides is 6. The van der Waals surface area contributed by atoms with Gasteiger partial charge in [0, 0.05) is 24.6 Å². The molecule has 4 aromatic rings. The molecule has 4 rings (SSSR count). The van der Waals surface area contributed by atoms with E-state index in [4.69, 9.17) is 18.9 Å². The van der Waals surface area contributed by atoms with Crippen molar-refractivity contribution in [2.24, 2.45) is 0 Å². The van der Waals surface area contributed by atoms with Gasteiger partial charge in [-0.1, -0.05) is 26.8 Å². The summed E-state index contributed by atoms with van der Waals surface area (Å²) >= 11 is 0. The van der Waals surface area contributed by atoms with Gasteiger partial charge in [-0.2, -0.15) is 26.3 Å². The fourth-order valence-corrected chi connectivity index (χ4v) is 5.55. The molecular formula is C39H42F6N3NaO6. The van der Waals surface area contributed by atoms with Crippen molar-refractivity contribution in [2.45, 2.75) is 84.4 Å². The second-order valence-electron chi connectivity index (χ2n) is 13.8. The average molecular weight is 786 g/mol. The summed E-state index contributed by atoms with van der Waals surface area (Å²) in [6.07, 6.45) is -7.88. The van der Waals surface area contributed by atoms with Crippen LogP contribution in [0.15, 0.2) is 60.9 Å². The van der Waals surface area contributed by atoms with Crippen molar-refractivity contribution < 1.29 is 84.7 Å². The summed E-state index contributed by atoms with van der Waals surface area (Å²) in [5.74, 6) is 0.0780. The van der Waals surface area contributed by atoms with E-state index in [2.05, 4.69) is 9.97 Å². The molecule has 16 heteroatoms. The summed E-state index contributed by atoms with van der Waals surface area (Å²) in [4.78, 5) is 20.9. The Hall–Kier alpha value is -4.21. The molecule has 0 amide bonds. The van der Waals surface area contributed by atoms with E-state index in [9.17, 15) is 36.2 Å². The van der Waals surface area contributed by atoms with Crippen molar-refractivity contribution in [3.05, 3.63) is 88.7 Å². The van der Waals surface area contributed by atoms with Gasteiger partial charge < -0.3 is 33.7 Å². The molecular weight excluding hydrogens is 743 g/mol. The van der Waals surface area contributed by atoms with Gasteiger partial charge in [-0.3, -0.25) is 0 Å². The first kappa shape index (κ1) is 45.2. The maximum atomic E-state index is 13.9. The number of carboxylic acid groups (broad SMARTS) is 1. The molecule has 0 atom stereocenters.